The van der Waals surface area contributed by atoms with Crippen molar-refractivity contribution < 1.29 is 19.1 Å². The smallest absolute Gasteiger partial charge is 0.437 e. The van der Waals surface area contributed by atoms with E-state index < -0.39 is 11.8 Å². The number of para-hydroxylation sites is 1. The van der Waals surface area contributed by atoms with Gasteiger partial charge in [-0.1, -0.05) is 18.2 Å². The molecule has 0 bridgehead atoms. The summed E-state index contributed by atoms with van der Waals surface area (Å²) in [5, 5.41) is 0. The van der Waals surface area contributed by atoms with Crippen LogP contribution < -0.4 is 4.74 Å². The van der Waals surface area contributed by atoms with Gasteiger partial charge in [0.2, 0.25) is 0 Å². The third-order valence-electron chi connectivity index (χ3n) is 1.71. The van der Waals surface area contributed by atoms with E-state index in [2.05, 4.69) is 4.74 Å². The van der Waals surface area contributed by atoms with Crippen molar-refractivity contribution in [1.29, 1.82) is 0 Å². The maximum atomic E-state index is 10.9. The molecule has 5 heteroatoms. The lowest BCUT2D eigenvalue weighted by molar-refractivity contribution is -0.107. The average Bonchev–Trinajstić information content (AvgIpc) is 2.27. The molecule has 0 unspecified atom stereocenters. The molecule has 0 saturated carbocycles. The number of methoxy groups -OCH3 is 1. The monoisotopic (exact) mass is 216 g/mol. The summed E-state index contributed by atoms with van der Waals surface area (Å²) in [6.07, 6.45) is 1.82. The fourth-order valence-corrected chi connectivity index (χ4v) is 1.01. The minimum Gasteiger partial charge on any atom is -0.437 e. The summed E-state index contributed by atoms with van der Waals surface area (Å²) in [5.74, 6) is 0.298. The highest BCUT2D eigenvalue weighted by molar-refractivity contribution is 6.61. The largest absolute Gasteiger partial charge is 0.513 e. The van der Waals surface area contributed by atoms with Crippen molar-refractivity contribution in [3.8, 4) is 5.75 Å². The average molecular weight is 216 g/mol. The molecule has 0 aliphatic rings. The van der Waals surface area contributed by atoms with Crippen molar-refractivity contribution >= 4 is 25.8 Å². The van der Waals surface area contributed by atoms with Crippen LogP contribution in [0.1, 0.15) is 5.56 Å². The van der Waals surface area contributed by atoms with Crippen LogP contribution in [0.25, 0.3) is 6.08 Å². The first-order chi connectivity index (χ1) is 7.63. The van der Waals surface area contributed by atoms with E-state index in [1.807, 2.05) is 0 Å². The number of allylic oxidation sites excluding steroid dienone is 1. The van der Waals surface area contributed by atoms with Gasteiger partial charge in [0.25, 0.3) is 0 Å². The van der Waals surface area contributed by atoms with Crippen molar-refractivity contribution in [2.75, 3.05) is 7.11 Å². The Morgan fingerprint density at radius 3 is 2.62 bits per heavy atom. The molecule has 0 aliphatic carbocycles. The summed E-state index contributed by atoms with van der Waals surface area (Å²) in [6.45, 7) is 0. The molecule has 0 N–H and O–H groups in total. The van der Waals surface area contributed by atoms with Gasteiger partial charge >= 0.3 is 6.16 Å². The summed E-state index contributed by atoms with van der Waals surface area (Å²) >= 11 is 0. The molecule has 1 rings (SSSR count). The maximum absolute atomic E-state index is 10.9. The number of hydrogen-bond acceptors (Lipinski definition) is 4. The van der Waals surface area contributed by atoms with Gasteiger partial charge in [-0.15, -0.1) is 0 Å². The first kappa shape index (κ1) is 12.0. The Bertz CT molecular complexity index is 426. The molecule has 1 aromatic carbocycles. The fourth-order valence-electron chi connectivity index (χ4n) is 1.01. The predicted molar refractivity (Wildman–Crippen MR) is 59.3 cm³/mol. The van der Waals surface area contributed by atoms with Crippen molar-refractivity contribution in [2.24, 2.45) is 0 Å². The van der Waals surface area contributed by atoms with E-state index in [0.717, 1.165) is 0 Å². The number of benzene rings is 1. The molecular formula is C11H9BO4. The van der Waals surface area contributed by atoms with Crippen LogP contribution in [0.3, 0.4) is 0 Å². The fraction of sp³-hybridized carbons (Fsp3) is 0.0909. The SMILES string of the molecule is [B]C(=O)/C=C/c1ccccc1OC(=O)OC. The zero-order chi connectivity index (χ0) is 12.0. The van der Waals surface area contributed by atoms with E-state index in [-0.39, 0.29) is 0 Å². The highest BCUT2D eigenvalue weighted by Crippen LogP contribution is 2.19. The molecule has 4 nitrogen and oxygen atoms in total. The van der Waals surface area contributed by atoms with E-state index in [9.17, 15) is 9.59 Å². The van der Waals surface area contributed by atoms with Crippen LogP contribution in [0.4, 0.5) is 4.79 Å². The molecule has 0 saturated heterocycles. The standard InChI is InChI=1S/C11H9BO4/c1-15-11(14)16-9-5-3-2-4-8(9)6-7-10(12)13/h2-7H,1H3/b7-6+. The lowest BCUT2D eigenvalue weighted by Gasteiger charge is -2.05. The van der Waals surface area contributed by atoms with Crippen molar-refractivity contribution in [2.45, 2.75) is 0 Å². The molecule has 0 aromatic heterocycles. The molecule has 0 heterocycles. The summed E-state index contributed by atoms with van der Waals surface area (Å²) in [5.41, 5.74) is -0.0143. The Morgan fingerprint density at radius 2 is 2.00 bits per heavy atom. The molecule has 0 amide bonds. The normalized spacial score (nSPS) is 10.1. The second-order valence-electron chi connectivity index (χ2n) is 2.83. The van der Waals surface area contributed by atoms with Gasteiger partial charge in [-0.3, -0.25) is 0 Å². The molecule has 0 aliphatic heterocycles. The molecule has 1 aromatic rings. The van der Waals surface area contributed by atoms with Crippen molar-refractivity contribution in [3.63, 3.8) is 0 Å². The lowest BCUT2D eigenvalue weighted by Crippen LogP contribution is -2.08. The third kappa shape index (κ3) is 3.61. The molecule has 80 valence electrons. The number of ether oxygens (including phenoxy) is 2. The third-order valence-corrected chi connectivity index (χ3v) is 1.71. The Morgan fingerprint density at radius 1 is 1.31 bits per heavy atom. The molecule has 0 atom stereocenters. The number of carbonyl (C=O) groups excluding carboxylic acids is 2. The van der Waals surface area contributed by atoms with E-state index >= 15 is 0 Å². The van der Waals surface area contributed by atoms with Gasteiger partial charge in [0.15, 0.2) is 7.85 Å². The number of carbonyl (C=O) groups is 2. The van der Waals surface area contributed by atoms with Gasteiger partial charge in [0.1, 0.15) is 5.75 Å². The van der Waals surface area contributed by atoms with Crippen LogP contribution in [0.5, 0.6) is 5.75 Å². The zero-order valence-corrected chi connectivity index (χ0v) is 8.67. The van der Waals surface area contributed by atoms with Crippen LogP contribution in [-0.4, -0.2) is 26.8 Å². The molecule has 0 fully saturated rings. The lowest BCUT2D eigenvalue weighted by atomic mass is 10.0. The van der Waals surface area contributed by atoms with Gasteiger partial charge in [0, 0.05) is 5.56 Å². The van der Waals surface area contributed by atoms with Crippen LogP contribution in [0.2, 0.25) is 0 Å². The van der Waals surface area contributed by atoms with Gasteiger partial charge in [-0.05, 0) is 18.2 Å². The predicted octanol–water partition coefficient (Wildman–Crippen LogP) is 1.54. The van der Waals surface area contributed by atoms with Crippen molar-refractivity contribution in [1.82, 2.24) is 0 Å². The van der Waals surface area contributed by atoms with Crippen LogP contribution in [0.15, 0.2) is 30.3 Å². The minimum atomic E-state index is -0.820. The summed E-state index contributed by atoms with van der Waals surface area (Å²) < 4.78 is 9.22. The van der Waals surface area contributed by atoms with E-state index in [0.29, 0.717) is 11.3 Å². The quantitative estimate of drug-likeness (QED) is 0.332. The summed E-state index contributed by atoms with van der Waals surface area (Å²) in [6, 6.07) is 6.69. The Kier molecular flexibility index (Phi) is 4.33. The highest BCUT2D eigenvalue weighted by atomic mass is 16.7. The van der Waals surface area contributed by atoms with Gasteiger partial charge < -0.3 is 14.3 Å². The summed E-state index contributed by atoms with van der Waals surface area (Å²) in [4.78, 5) is 21.5. The van der Waals surface area contributed by atoms with Crippen LogP contribution >= 0.6 is 0 Å². The number of hydrogen-bond donors (Lipinski definition) is 0. The van der Waals surface area contributed by atoms with E-state index in [1.54, 1.807) is 24.3 Å². The van der Waals surface area contributed by atoms with Gasteiger partial charge in [-0.2, -0.15) is 0 Å². The molecular weight excluding hydrogens is 207 g/mol. The minimum absolute atomic E-state index is 0.298. The second-order valence-corrected chi connectivity index (χ2v) is 2.83. The Hall–Kier alpha value is -2.04. The van der Waals surface area contributed by atoms with E-state index in [1.165, 1.54) is 19.3 Å². The van der Waals surface area contributed by atoms with Gasteiger partial charge in [0.05, 0.1) is 12.8 Å². The van der Waals surface area contributed by atoms with Crippen molar-refractivity contribution in [3.05, 3.63) is 35.9 Å². The molecule has 16 heavy (non-hydrogen) atoms. The van der Waals surface area contributed by atoms with Crippen LogP contribution in [0, 0.1) is 0 Å². The highest BCUT2D eigenvalue weighted by Gasteiger charge is 2.06. The first-order valence-electron chi connectivity index (χ1n) is 4.46. The maximum Gasteiger partial charge on any atom is 0.513 e. The van der Waals surface area contributed by atoms with Crippen LogP contribution in [-0.2, 0) is 9.53 Å². The summed E-state index contributed by atoms with van der Waals surface area (Å²) in [7, 11) is 6.17. The first-order valence-corrected chi connectivity index (χ1v) is 4.46. The van der Waals surface area contributed by atoms with E-state index in [4.69, 9.17) is 12.6 Å². The zero-order valence-electron chi connectivity index (χ0n) is 8.67. The molecule has 0 spiro atoms. The number of rotatable bonds is 3. The molecule has 2 radical (unpaired) electrons. The Labute approximate surface area is 94.3 Å². The Balaban J connectivity index is 2.91. The topological polar surface area (TPSA) is 52.6 Å². The second kappa shape index (κ2) is 5.75. The van der Waals surface area contributed by atoms with Gasteiger partial charge in [-0.25, -0.2) is 4.79 Å².